The fourth-order valence-corrected chi connectivity index (χ4v) is 2.27. The minimum absolute atomic E-state index is 0.0720. The Kier molecular flexibility index (Phi) is 4.18. The van der Waals surface area contributed by atoms with E-state index in [0.29, 0.717) is 14.9 Å². The maximum absolute atomic E-state index is 11.6. The quantitative estimate of drug-likeness (QED) is 0.593. The Hall–Kier alpha value is -1.86. The predicted molar refractivity (Wildman–Crippen MR) is 76.9 cm³/mol. The summed E-state index contributed by atoms with van der Waals surface area (Å²) >= 11 is 4.43. The molecule has 0 aliphatic carbocycles. The average Bonchev–Trinajstić information content (AvgIpc) is 2.89. The van der Waals surface area contributed by atoms with Crippen molar-refractivity contribution in [3.8, 4) is 11.5 Å². The molecule has 0 aliphatic rings. The molecule has 3 N–H and O–H groups in total. The molecule has 0 fully saturated rings. The van der Waals surface area contributed by atoms with E-state index >= 15 is 0 Å². The lowest BCUT2D eigenvalue weighted by molar-refractivity contribution is 0.0959. The van der Waals surface area contributed by atoms with Crippen molar-refractivity contribution in [1.82, 2.24) is 5.43 Å². The van der Waals surface area contributed by atoms with Gasteiger partial charge in [0.1, 0.15) is 11.5 Å². The molecule has 1 heterocycles. The van der Waals surface area contributed by atoms with Gasteiger partial charge in [-0.05, 0) is 33.4 Å². The smallest absolute Gasteiger partial charge is 0.281 e. The molecule has 0 atom stereocenters. The van der Waals surface area contributed by atoms with Crippen LogP contribution < -0.4 is 5.43 Å². The van der Waals surface area contributed by atoms with Gasteiger partial charge in [-0.3, -0.25) is 4.79 Å². The van der Waals surface area contributed by atoms with Crippen LogP contribution in [0.15, 0.2) is 39.2 Å². The normalized spacial score (nSPS) is 10.8. The van der Waals surface area contributed by atoms with E-state index in [4.69, 9.17) is 0 Å². The number of rotatable bonds is 3. The van der Waals surface area contributed by atoms with Crippen molar-refractivity contribution in [2.45, 2.75) is 0 Å². The highest BCUT2D eigenvalue weighted by Gasteiger charge is 2.06. The van der Waals surface area contributed by atoms with Crippen molar-refractivity contribution in [2.24, 2.45) is 5.10 Å². The maximum Gasteiger partial charge on any atom is 0.281 e. The van der Waals surface area contributed by atoms with Gasteiger partial charge in [-0.1, -0.05) is 6.07 Å². The molecule has 0 unspecified atom stereocenters. The number of nitrogens with zero attached hydrogens (tertiary/aromatic N) is 1. The molecule has 0 spiro atoms. The van der Waals surface area contributed by atoms with E-state index in [2.05, 4.69) is 26.5 Å². The van der Waals surface area contributed by atoms with Crippen LogP contribution in [0.5, 0.6) is 11.5 Å². The number of amides is 1. The number of hydrogen-bond donors (Lipinski definition) is 3. The Labute approximate surface area is 121 Å². The summed E-state index contributed by atoms with van der Waals surface area (Å²) in [5.74, 6) is -0.518. The van der Waals surface area contributed by atoms with Crippen LogP contribution in [0.1, 0.15) is 15.2 Å². The second-order valence-corrected chi connectivity index (χ2v) is 5.34. The number of phenolic OH excluding ortho intramolecular Hbond substituents is 2. The van der Waals surface area contributed by atoms with Gasteiger partial charge in [-0.2, -0.15) is 5.10 Å². The van der Waals surface area contributed by atoms with Gasteiger partial charge >= 0.3 is 0 Å². The summed E-state index contributed by atoms with van der Waals surface area (Å²) in [6.07, 6.45) is 1.30. The molecular formula is C12H9BrN2O3S. The molecule has 0 bridgehead atoms. The monoisotopic (exact) mass is 340 g/mol. The summed E-state index contributed by atoms with van der Waals surface area (Å²) in [6.45, 7) is 0. The Balaban J connectivity index is 2.07. The maximum atomic E-state index is 11.6. The minimum Gasteiger partial charge on any atom is -0.507 e. The highest BCUT2D eigenvalue weighted by Crippen LogP contribution is 2.30. The molecule has 0 aliphatic heterocycles. The van der Waals surface area contributed by atoms with Gasteiger partial charge in [-0.15, -0.1) is 11.3 Å². The molecular weight excluding hydrogens is 332 g/mol. The first-order valence-electron chi connectivity index (χ1n) is 5.16. The summed E-state index contributed by atoms with van der Waals surface area (Å²) in [5, 5.41) is 24.5. The van der Waals surface area contributed by atoms with Gasteiger partial charge in [0.15, 0.2) is 0 Å². The van der Waals surface area contributed by atoms with E-state index in [1.54, 1.807) is 17.5 Å². The number of carbonyl (C=O) groups is 1. The first kappa shape index (κ1) is 13.6. The molecule has 0 saturated heterocycles. The third-order valence-corrected chi connectivity index (χ3v) is 3.71. The lowest BCUT2D eigenvalue weighted by atomic mass is 10.2. The lowest BCUT2D eigenvalue weighted by Gasteiger charge is -2.02. The number of hydrazone groups is 1. The van der Waals surface area contributed by atoms with Crippen molar-refractivity contribution < 1.29 is 15.0 Å². The lowest BCUT2D eigenvalue weighted by Crippen LogP contribution is -2.16. The summed E-state index contributed by atoms with van der Waals surface area (Å²) in [5.41, 5.74) is 2.72. The van der Waals surface area contributed by atoms with Crippen molar-refractivity contribution in [2.75, 3.05) is 0 Å². The van der Waals surface area contributed by atoms with Gasteiger partial charge in [0.05, 0.1) is 15.6 Å². The molecule has 7 heteroatoms. The standard InChI is InChI=1S/C12H9BrN2O3S/c13-8-4-7(9(16)5-10(8)17)6-14-15-12(18)11-2-1-3-19-11/h1-6,16-17H,(H,15,18)/b14-6-. The van der Waals surface area contributed by atoms with Gasteiger partial charge in [0, 0.05) is 11.6 Å². The summed E-state index contributed by atoms with van der Waals surface area (Å²) in [4.78, 5) is 12.1. The number of aromatic hydroxyl groups is 2. The van der Waals surface area contributed by atoms with Gasteiger partial charge in [0.25, 0.3) is 5.91 Å². The van der Waals surface area contributed by atoms with E-state index in [9.17, 15) is 15.0 Å². The van der Waals surface area contributed by atoms with Crippen LogP contribution in [0.3, 0.4) is 0 Å². The van der Waals surface area contributed by atoms with Gasteiger partial charge in [0.2, 0.25) is 0 Å². The van der Waals surface area contributed by atoms with Crippen molar-refractivity contribution >= 4 is 39.4 Å². The van der Waals surface area contributed by atoms with Crippen molar-refractivity contribution in [3.63, 3.8) is 0 Å². The Morgan fingerprint density at radius 2 is 2.16 bits per heavy atom. The zero-order chi connectivity index (χ0) is 13.8. The first-order valence-corrected chi connectivity index (χ1v) is 6.83. The van der Waals surface area contributed by atoms with Crippen molar-refractivity contribution in [1.29, 1.82) is 0 Å². The molecule has 98 valence electrons. The van der Waals surface area contributed by atoms with Crippen LogP contribution in [0.25, 0.3) is 0 Å². The number of carbonyl (C=O) groups excluding carboxylic acids is 1. The van der Waals surface area contributed by atoms with Crippen LogP contribution in [-0.4, -0.2) is 22.3 Å². The number of benzene rings is 1. The van der Waals surface area contributed by atoms with E-state index in [0.717, 1.165) is 0 Å². The molecule has 1 aromatic heterocycles. The second kappa shape index (κ2) is 5.85. The number of halogens is 1. The fraction of sp³-hybridized carbons (Fsp3) is 0. The number of thiophene rings is 1. The van der Waals surface area contributed by atoms with E-state index in [1.807, 2.05) is 0 Å². The molecule has 1 aromatic carbocycles. The number of phenols is 2. The highest BCUT2D eigenvalue weighted by atomic mass is 79.9. The van der Waals surface area contributed by atoms with Crippen molar-refractivity contribution in [3.05, 3.63) is 44.6 Å². The summed E-state index contributed by atoms with van der Waals surface area (Å²) in [6, 6.07) is 6.13. The van der Waals surface area contributed by atoms with Crippen LogP contribution in [-0.2, 0) is 0 Å². The van der Waals surface area contributed by atoms with E-state index < -0.39 is 0 Å². The van der Waals surface area contributed by atoms with Crippen LogP contribution >= 0.6 is 27.3 Å². The molecule has 0 radical (unpaired) electrons. The SMILES string of the molecule is O=C(N/N=C\c1cc(Br)c(O)cc1O)c1cccs1. The summed E-state index contributed by atoms with van der Waals surface area (Å²) < 4.78 is 0.427. The molecule has 1 amide bonds. The molecule has 2 rings (SSSR count). The predicted octanol–water partition coefficient (Wildman–Crippen LogP) is 2.69. The molecule has 19 heavy (non-hydrogen) atoms. The second-order valence-electron chi connectivity index (χ2n) is 3.54. The van der Waals surface area contributed by atoms with E-state index in [-0.39, 0.29) is 17.4 Å². The number of nitrogens with one attached hydrogen (secondary N) is 1. The minimum atomic E-state index is -0.316. The molecule has 5 nitrogen and oxygen atoms in total. The largest absolute Gasteiger partial charge is 0.507 e. The topological polar surface area (TPSA) is 81.9 Å². The molecule has 2 aromatic rings. The first-order chi connectivity index (χ1) is 9.08. The van der Waals surface area contributed by atoms with Crippen LogP contribution in [0.4, 0.5) is 0 Å². The van der Waals surface area contributed by atoms with Crippen LogP contribution in [0, 0.1) is 0 Å². The summed E-state index contributed by atoms with van der Waals surface area (Å²) in [7, 11) is 0. The Morgan fingerprint density at radius 3 is 2.84 bits per heavy atom. The van der Waals surface area contributed by atoms with Gasteiger partial charge in [-0.25, -0.2) is 5.43 Å². The molecule has 0 saturated carbocycles. The van der Waals surface area contributed by atoms with E-state index in [1.165, 1.54) is 29.7 Å². The third kappa shape index (κ3) is 3.33. The van der Waals surface area contributed by atoms with Gasteiger partial charge < -0.3 is 10.2 Å². The zero-order valence-electron chi connectivity index (χ0n) is 9.50. The fourth-order valence-electron chi connectivity index (χ4n) is 1.29. The highest BCUT2D eigenvalue weighted by molar-refractivity contribution is 9.10. The Morgan fingerprint density at radius 1 is 1.37 bits per heavy atom. The average molecular weight is 341 g/mol. The zero-order valence-corrected chi connectivity index (χ0v) is 11.9. The third-order valence-electron chi connectivity index (χ3n) is 2.21. The number of hydrogen-bond acceptors (Lipinski definition) is 5. The van der Waals surface area contributed by atoms with Crippen LogP contribution in [0.2, 0.25) is 0 Å². The Bertz CT molecular complexity index is 626.